The number of hydrogen-bond acceptors (Lipinski definition) is 8. The third kappa shape index (κ3) is 6.29. The molecule has 3 aliphatic heterocycles. The molecule has 2 aromatic heterocycles. The van der Waals surface area contributed by atoms with Crippen LogP contribution in [0.3, 0.4) is 0 Å². The number of carbonyl (C=O) groups excluding carboxylic acids is 2. The van der Waals surface area contributed by atoms with Crippen molar-refractivity contribution in [3.05, 3.63) is 75.0 Å². The molecule has 234 valence electrons. The highest BCUT2D eigenvalue weighted by atomic mass is 35.5. The van der Waals surface area contributed by atoms with Gasteiger partial charge in [-0.2, -0.15) is 0 Å². The van der Waals surface area contributed by atoms with Crippen molar-refractivity contribution in [2.24, 2.45) is 0 Å². The Balaban J connectivity index is 1.19. The van der Waals surface area contributed by atoms with Gasteiger partial charge in [-0.1, -0.05) is 35.3 Å². The van der Waals surface area contributed by atoms with Crippen LogP contribution in [-0.4, -0.2) is 82.0 Å². The van der Waals surface area contributed by atoms with Gasteiger partial charge in [-0.15, -0.1) is 0 Å². The number of nitrogens with zero attached hydrogens (tertiary/aromatic N) is 4. The molecule has 0 radical (unpaired) electrons. The summed E-state index contributed by atoms with van der Waals surface area (Å²) >= 11 is 12.1. The van der Waals surface area contributed by atoms with Crippen LogP contribution in [0.25, 0.3) is 0 Å². The van der Waals surface area contributed by atoms with E-state index in [-0.39, 0.29) is 28.9 Å². The number of ether oxygens (including phenoxy) is 2. The predicted molar refractivity (Wildman–Crippen MR) is 166 cm³/mol. The first kappa shape index (κ1) is 30.8. The fourth-order valence-corrected chi connectivity index (χ4v) is 6.58. The summed E-state index contributed by atoms with van der Waals surface area (Å²) in [6.45, 7) is 5.62. The molecule has 3 N–H and O–H groups in total. The van der Waals surface area contributed by atoms with Crippen molar-refractivity contribution < 1.29 is 19.1 Å². The maximum atomic E-state index is 14.0. The fourth-order valence-electron chi connectivity index (χ4n) is 6.27. The van der Waals surface area contributed by atoms with Gasteiger partial charge in [0.15, 0.2) is 5.82 Å². The largest absolute Gasteiger partial charge is 0.497 e. The molecule has 13 heteroatoms. The second kappa shape index (κ2) is 12.6. The number of fused-ring (bicyclic) bond motifs is 1. The van der Waals surface area contributed by atoms with Gasteiger partial charge in [-0.25, -0.2) is 9.97 Å². The topological polar surface area (TPSA) is 125 Å². The van der Waals surface area contributed by atoms with Crippen LogP contribution in [0.1, 0.15) is 71.5 Å². The Kier molecular flexibility index (Phi) is 8.85. The van der Waals surface area contributed by atoms with Crippen molar-refractivity contribution in [1.82, 2.24) is 35.4 Å². The Hall–Kier alpha value is -3.22. The lowest BCUT2D eigenvalue weighted by Crippen LogP contribution is -2.59. The molecule has 2 amide bonds. The molecule has 0 saturated carbocycles. The number of likely N-dealkylation sites (tertiary alicyclic amines) is 1. The predicted octanol–water partition coefficient (Wildman–Crippen LogP) is 4.04. The summed E-state index contributed by atoms with van der Waals surface area (Å²) in [7, 11) is 3.76. The molecule has 3 atom stereocenters. The molecule has 5 heterocycles. The zero-order valence-electron chi connectivity index (χ0n) is 25.0. The van der Waals surface area contributed by atoms with Crippen LogP contribution in [0.5, 0.6) is 5.75 Å². The number of rotatable bonds is 8. The maximum Gasteiger partial charge on any atom is 0.268 e. The summed E-state index contributed by atoms with van der Waals surface area (Å²) in [5.74, 6) is 0.267. The van der Waals surface area contributed by atoms with Gasteiger partial charge in [-0.05, 0) is 63.7 Å². The molecule has 3 aliphatic rings. The van der Waals surface area contributed by atoms with E-state index in [0.29, 0.717) is 17.6 Å². The Morgan fingerprint density at radius 2 is 2.00 bits per heavy atom. The number of halogens is 2. The normalized spacial score (nSPS) is 23.3. The summed E-state index contributed by atoms with van der Waals surface area (Å²) < 4.78 is 11.5. The monoisotopic (exact) mass is 641 g/mol. The quantitative estimate of drug-likeness (QED) is 0.337. The van der Waals surface area contributed by atoms with Crippen LogP contribution in [-0.2, 0) is 22.6 Å². The van der Waals surface area contributed by atoms with Gasteiger partial charge >= 0.3 is 0 Å². The first-order valence-electron chi connectivity index (χ1n) is 14.8. The molecule has 11 nitrogen and oxygen atoms in total. The van der Waals surface area contributed by atoms with E-state index in [1.54, 1.807) is 7.11 Å². The van der Waals surface area contributed by atoms with E-state index in [1.807, 2.05) is 37.4 Å². The number of carbonyl (C=O) groups is 2. The van der Waals surface area contributed by atoms with Crippen LogP contribution in [0.4, 0.5) is 0 Å². The third-order valence-electron chi connectivity index (χ3n) is 8.93. The van der Waals surface area contributed by atoms with Crippen LogP contribution in [0, 0.1) is 0 Å². The lowest BCUT2D eigenvalue weighted by molar-refractivity contribution is -0.128. The smallest absolute Gasteiger partial charge is 0.268 e. The van der Waals surface area contributed by atoms with Gasteiger partial charge in [-0.3, -0.25) is 14.5 Å². The van der Waals surface area contributed by atoms with Crippen molar-refractivity contribution in [3.8, 4) is 5.75 Å². The number of amides is 2. The molecule has 0 aliphatic carbocycles. The number of nitrogens with one attached hydrogen (secondary N) is 3. The van der Waals surface area contributed by atoms with Crippen molar-refractivity contribution in [2.45, 2.75) is 63.0 Å². The summed E-state index contributed by atoms with van der Waals surface area (Å²) in [5.41, 5.74) is 1.72. The van der Waals surface area contributed by atoms with E-state index in [2.05, 4.69) is 37.4 Å². The first-order valence-corrected chi connectivity index (χ1v) is 15.6. The van der Waals surface area contributed by atoms with Crippen molar-refractivity contribution >= 4 is 35.0 Å². The standard InChI is InChI=1S/C31H37Cl2N7O4/c1-18(28-34-14-20-15-40(16-25(20)37-28)21-7-9-39(2)10-8-21)35-30(42)31(38-29(41)24-12-23(32)27(33)36-24)13-26(44-17-31)19-5-4-6-22(11-19)43-3/h4-6,11-12,14,18,21,26,36H,7-10,13,15-17H2,1-3H3,(H,35,42)(H,38,41)/t18-,26-,31+/m0/s1. The Morgan fingerprint density at radius 1 is 1.20 bits per heavy atom. The van der Waals surface area contributed by atoms with Crippen LogP contribution < -0.4 is 15.4 Å². The Morgan fingerprint density at radius 3 is 2.73 bits per heavy atom. The minimum Gasteiger partial charge on any atom is -0.497 e. The van der Waals surface area contributed by atoms with Gasteiger partial charge in [0, 0.05) is 37.3 Å². The van der Waals surface area contributed by atoms with Gasteiger partial charge in [0.05, 0.1) is 36.6 Å². The highest BCUT2D eigenvalue weighted by molar-refractivity contribution is 6.41. The second-order valence-corrected chi connectivity index (χ2v) is 12.8. The van der Waals surface area contributed by atoms with E-state index >= 15 is 0 Å². The molecular formula is C31H37Cl2N7O4. The average Bonchev–Trinajstić information content (AvgIpc) is 3.74. The number of H-pyrrole nitrogens is 1. The van der Waals surface area contributed by atoms with Crippen LogP contribution >= 0.6 is 23.2 Å². The van der Waals surface area contributed by atoms with Crippen molar-refractivity contribution in [1.29, 1.82) is 0 Å². The number of hydrogen-bond donors (Lipinski definition) is 3. The number of aromatic nitrogens is 3. The Labute approximate surface area is 266 Å². The fraction of sp³-hybridized carbons (Fsp3) is 0.484. The van der Waals surface area contributed by atoms with Gasteiger partial charge in [0.25, 0.3) is 5.91 Å². The first-order chi connectivity index (χ1) is 21.1. The molecule has 2 fully saturated rings. The molecular weight excluding hydrogens is 605 g/mol. The molecule has 2 saturated heterocycles. The van der Waals surface area contributed by atoms with E-state index in [1.165, 1.54) is 6.07 Å². The number of benzene rings is 1. The molecule has 0 unspecified atom stereocenters. The van der Waals surface area contributed by atoms with Crippen molar-refractivity contribution in [3.63, 3.8) is 0 Å². The third-order valence-corrected chi connectivity index (χ3v) is 9.62. The van der Waals surface area contributed by atoms with Gasteiger partial charge in [0.2, 0.25) is 5.91 Å². The highest BCUT2D eigenvalue weighted by Gasteiger charge is 2.49. The number of methoxy groups -OCH3 is 1. The van der Waals surface area contributed by atoms with E-state index in [4.69, 9.17) is 37.7 Å². The highest BCUT2D eigenvalue weighted by Crippen LogP contribution is 2.37. The maximum absolute atomic E-state index is 14.0. The zero-order valence-corrected chi connectivity index (χ0v) is 26.5. The van der Waals surface area contributed by atoms with E-state index in [0.717, 1.165) is 55.8 Å². The average molecular weight is 643 g/mol. The summed E-state index contributed by atoms with van der Waals surface area (Å²) in [5, 5.41) is 6.32. The lowest BCUT2D eigenvalue weighted by atomic mass is 9.91. The summed E-state index contributed by atoms with van der Waals surface area (Å²) in [6.07, 6.45) is 3.91. The molecule has 1 aromatic carbocycles. The van der Waals surface area contributed by atoms with Gasteiger partial charge < -0.3 is 30.0 Å². The number of piperidine rings is 1. The summed E-state index contributed by atoms with van der Waals surface area (Å²) in [6, 6.07) is 8.92. The zero-order chi connectivity index (χ0) is 31.0. The van der Waals surface area contributed by atoms with Crippen LogP contribution in [0.15, 0.2) is 36.5 Å². The van der Waals surface area contributed by atoms with E-state index in [9.17, 15) is 9.59 Å². The second-order valence-electron chi connectivity index (χ2n) is 12.0. The molecule has 44 heavy (non-hydrogen) atoms. The summed E-state index contributed by atoms with van der Waals surface area (Å²) in [4.78, 5) is 44.5. The molecule has 6 rings (SSSR count). The number of aromatic amines is 1. The van der Waals surface area contributed by atoms with E-state index < -0.39 is 29.5 Å². The molecule has 3 aromatic rings. The molecule has 0 bridgehead atoms. The molecule has 0 spiro atoms. The van der Waals surface area contributed by atoms with Crippen LogP contribution in [0.2, 0.25) is 10.2 Å². The SMILES string of the molecule is COc1cccc([C@@H]2C[C@](NC(=O)c3cc(Cl)c(Cl)[nH]3)(C(=O)N[C@@H](C)c3ncc4c(n3)CN(C3CCN(C)CC3)C4)CO2)c1. The lowest BCUT2D eigenvalue weighted by Gasteiger charge is -2.34. The Bertz CT molecular complexity index is 1520. The minimum atomic E-state index is -1.38. The van der Waals surface area contributed by atoms with Gasteiger partial charge in [0.1, 0.15) is 22.1 Å². The minimum absolute atomic E-state index is 0.0437. The van der Waals surface area contributed by atoms with Crippen molar-refractivity contribution in [2.75, 3.05) is 33.9 Å².